The van der Waals surface area contributed by atoms with Crippen molar-refractivity contribution in [2.24, 2.45) is 5.92 Å². The fourth-order valence-corrected chi connectivity index (χ4v) is 5.07. The summed E-state index contributed by atoms with van der Waals surface area (Å²) in [5.41, 5.74) is 1.45. The summed E-state index contributed by atoms with van der Waals surface area (Å²) >= 11 is 0. The largest absolute Gasteiger partial charge is 0.493 e. The lowest BCUT2D eigenvalue weighted by atomic mass is 9.58. The Morgan fingerprint density at radius 3 is 2.61 bits per heavy atom. The molecule has 1 aromatic rings. The first-order valence-electron chi connectivity index (χ1n) is 8.67. The number of methoxy groups -OCH3 is 2. The predicted octanol–water partition coefficient (Wildman–Crippen LogP) is 2.83. The Morgan fingerprint density at radius 1 is 1.22 bits per heavy atom. The summed E-state index contributed by atoms with van der Waals surface area (Å²) in [6.07, 6.45) is 3.82. The van der Waals surface area contributed by atoms with Crippen molar-refractivity contribution in [2.45, 2.75) is 50.2 Å². The molecular formula is C19H29NO3. The van der Waals surface area contributed by atoms with Crippen LogP contribution in [0.15, 0.2) is 18.2 Å². The van der Waals surface area contributed by atoms with Crippen LogP contribution in [-0.2, 0) is 5.41 Å². The molecule has 1 aromatic carbocycles. The van der Waals surface area contributed by atoms with E-state index in [2.05, 4.69) is 31.0 Å². The zero-order valence-corrected chi connectivity index (χ0v) is 14.7. The van der Waals surface area contributed by atoms with Gasteiger partial charge in [0.25, 0.3) is 0 Å². The molecule has 0 aromatic heterocycles. The number of aliphatic hydroxyl groups is 1. The number of hydrogen-bond donors (Lipinski definition) is 1. The van der Waals surface area contributed by atoms with E-state index in [-0.39, 0.29) is 11.5 Å². The van der Waals surface area contributed by atoms with E-state index in [9.17, 15) is 5.11 Å². The number of likely N-dealkylation sites (tertiary alicyclic amines) is 1. The van der Waals surface area contributed by atoms with Gasteiger partial charge in [0.15, 0.2) is 11.5 Å². The Kier molecular flexibility index (Phi) is 4.56. The number of nitrogens with zero attached hydrogens (tertiary/aromatic N) is 1. The molecule has 1 aliphatic carbocycles. The Morgan fingerprint density at radius 2 is 1.96 bits per heavy atom. The molecule has 1 heterocycles. The topological polar surface area (TPSA) is 41.9 Å². The molecule has 1 saturated carbocycles. The van der Waals surface area contributed by atoms with Gasteiger partial charge in [-0.15, -0.1) is 0 Å². The van der Waals surface area contributed by atoms with Crippen molar-refractivity contribution in [1.82, 2.24) is 4.90 Å². The number of fused-ring (bicyclic) bond motifs is 1. The highest BCUT2D eigenvalue weighted by atomic mass is 16.5. The Bertz CT molecular complexity index is 562. The van der Waals surface area contributed by atoms with Crippen LogP contribution in [-0.4, -0.2) is 50.0 Å². The van der Waals surface area contributed by atoms with Crippen molar-refractivity contribution in [1.29, 1.82) is 0 Å². The van der Waals surface area contributed by atoms with Crippen LogP contribution in [0.5, 0.6) is 11.5 Å². The molecule has 4 nitrogen and oxygen atoms in total. The van der Waals surface area contributed by atoms with Crippen LogP contribution in [0.2, 0.25) is 0 Å². The zero-order chi connectivity index (χ0) is 16.6. The van der Waals surface area contributed by atoms with Crippen molar-refractivity contribution in [3.8, 4) is 11.5 Å². The molecule has 4 atom stereocenters. The third-order valence-electron chi connectivity index (χ3n) is 6.20. The van der Waals surface area contributed by atoms with Gasteiger partial charge in [0, 0.05) is 11.5 Å². The monoisotopic (exact) mass is 319 g/mol. The minimum atomic E-state index is -0.182. The van der Waals surface area contributed by atoms with Crippen molar-refractivity contribution < 1.29 is 14.6 Å². The van der Waals surface area contributed by atoms with Gasteiger partial charge in [-0.3, -0.25) is 0 Å². The first kappa shape index (κ1) is 16.6. The van der Waals surface area contributed by atoms with Crippen LogP contribution >= 0.6 is 0 Å². The summed E-state index contributed by atoms with van der Waals surface area (Å²) < 4.78 is 10.9. The van der Waals surface area contributed by atoms with Crippen LogP contribution in [0, 0.1) is 5.92 Å². The zero-order valence-electron chi connectivity index (χ0n) is 14.7. The lowest BCUT2D eigenvalue weighted by Crippen LogP contribution is -2.52. The second-order valence-electron chi connectivity index (χ2n) is 7.09. The molecular weight excluding hydrogens is 290 g/mol. The third kappa shape index (κ3) is 2.52. The van der Waals surface area contributed by atoms with Gasteiger partial charge in [0.1, 0.15) is 0 Å². The average molecular weight is 319 g/mol. The maximum Gasteiger partial charge on any atom is 0.161 e. The van der Waals surface area contributed by atoms with Gasteiger partial charge in [-0.25, -0.2) is 0 Å². The van der Waals surface area contributed by atoms with Gasteiger partial charge in [-0.2, -0.15) is 0 Å². The van der Waals surface area contributed by atoms with Gasteiger partial charge in [-0.1, -0.05) is 19.4 Å². The van der Waals surface area contributed by atoms with E-state index in [1.54, 1.807) is 14.2 Å². The molecule has 2 aliphatic rings. The fraction of sp³-hybridized carbons (Fsp3) is 0.684. The molecule has 23 heavy (non-hydrogen) atoms. The van der Waals surface area contributed by atoms with Gasteiger partial charge in [-0.05, 0) is 56.5 Å². The Hall–Kier alpha value is -1.26. The fourth-order valence-electron chi connectivity index (χ4n) is 5.07. The Labute approximate surface area is 139 Å². The highest BCUT2D eigenvalue weighted by Gasteiger charge is 2.54. The predicted molar refractivity (Wildman–Crippen MR) is 91.3 cm³/mol. The molecule has 128 valence electrons. The summed E-state index contributed by atoms with van der Waals surface area (Å²) in [6, 6.07) is 6.78. The normalized spacial score (nSPS) is 34.2. The summed E-state index contributed by atoms with van der Waals surface area (Å²) in [6.45, 7) is 3.34. The van der Waals surface area contributed by atoms with Crippen molar-refractivity contribution in [3.05, 3.63) is 23.8 Å². The summed E-state index contributed by atoms with van der Waals surface area (Å²) in [5.74, 6) is 2.08. The summed E-state index contributed by atoms with van der Waals surface area (Å²) in [4.78, 5) is 2.43. The molecule has 0 radical (unpaired) electrons. The van der Waals surface area contributed by atoms with Crippen molar-refractivity contribution in [2.75, 3.05) is 27.8 Å². The van der Waals surface area contributed by atoms with Crippen LogP contribution in [0.25, 0.3) is 0 Å². The molecule has 0 bridgehead atoms. The van der Waals surface area contributed by atoms with Crippen LogP contribution in [0.1, 0.15) is 38.2 Å². The maximum absolute atomic E-state index is 10.3. The smallest absolute Gasteiger partial charge is 0.161 e. The first-order valence-corrected chi connectivity index (χ1v) is 8.67. The highest BCUT2D eigenvalue weighted by Crippen LogP contribution is 2.53. The summed E-state index contributed by atoms with van der Waals surface area (Å²) in [7, 11) is 5.56. The molecule has 3 rings (SSSR count). The molecule has 1 aliphatic heterocycles. The number of likely N-dealkylation sites (N-methyl/N-ethyl adjacent to an activating group) is 1. The van der Waals surface area contributed by atoms with Crippen LogP contribution < -0.4 is 9.47 Å². The van der Waals surface area contributed by atoms with E-state index < -0.39 is 0 Å². The number of benzene rings is 1. The number of hydrogen-bond acceptors (Lipinski definition) is 4. The van der Waals surface area contributed by atoms with E-state index in [0.717, 1.165) is 43.7 Å². The SMILES string of the molecule is CC[C@H]1C[C@@H](O)C[C@@H]2N(C)CC[C@]12c1ccc(OC)c(OC)c1. The van der Waals surface area contributed by atoms with Crippen LogP contribution in [0.4, 0.5) is 0 Å². The quantitative estimate of drug-likeness (QED) is 0.926. The van der Waals surface area contributed by atoms with Gasteiger partial charge in [0.2, 0.25) is 0 Å². The van der Waals surface area contributed by atoms with E-state index in [1.807, 2.05) is 6.07 Å². The van der Waals surface area contributed by atoms with E-state index in [1.165, 1.54) is 5.56 Å². The Balaban J connectivity index is 2.09. The van der Waals surface area contributed by atoms with Crippen molar-refractivity contribution in [3.63, 3.8) is 0 Å². The molecule has 0 amide bonds. The van der Waals surface area contributed by atoms with Crippen LogP contribution in [0.3, 0.4) is 0 Å². The molecule has 0 spiro atoms. The number of rotatable bonds is 4. The van der Waals surface area contributed by atoms with E-state index in [4.69, 9.17) is 9.47 Å². The summed E-state index contributed by atoms with van der Waals surface area (Å²) in [5, 5.41) is 10.3. The molecule has 4 heteroatoms. The van der Waals surface area contributed by atoms with E-state index in [0.29, 0.717) is 12.0 Å². The lowest BCUT2D eigenvalue weighted by molar-refractivity contribution is 0.0149. The van der Waals surface area contributed by atoms with Gasteiger partial charge in [0.05, 0.1) is 20.3 Å². The maximum atomic E-state index is 10.3. The minimum Gasteiger partial charge on any atom is -0.493 e. The molecule has 2 fully saturated rings. The highest BCUT2D eigenvalue weighted by molar-refractivity contribution is 5.47. The number of aliphatic hydroxyl groups excluding tert-OH is 1. The van der Waals surface area contributed by atoms with Gasteiger partial charge >= 0.3 is 0 Å². The average Bonchev–Trinajstić information content (AvgIpc) is 2.91. The number of ether oxygens (including phenoxy) is 2. The standard InChI is InChI=1S/C19H29NO3/c1-5-13-10-15(21)12-18-19(13,8-9-20(18)2)14-6-7-16(22-3)17(11-14)23-4/h6-7,11,13,15,18,21H,5,8-10,12H2,1-4H3/t13-,15+,18-,19+/m0/s1. The molecule has 1 N–H and O–H groups in total. The van der Waals surface area contributed by atoms with Crippen molar-refractivity contribution >= 4 is 0 Å². The van der Waals surface area contributed by atoms with Gasteiger partial charge < -0.3 is 19.5 Å². The second-order valence-corrected chi connectivity index (χ2v) is 7.09. The minimum absolute atomic E-state index is 0.113. The molecule has 1 saturated heterocycles. The lowest BCUT2D eigenvalue weighted by Gasteiger charge is -2.49. The third-order valence-corrected chi connectivity index (χ3v) is 6.20. The van der Waals surface area contributed by atoms with E-state index >= 15 is 0 Å². The first-order chi connectivity index (χ1) is 11.1. The molecule has 0 unspecified atom stereocenters. The second kappa shape index (κ2) is 6.33.